The minimum atomic E-state index is -0.795. The number of nitrogens with one attached hydrogen (secondary N) is 2. The molecule has 0 saturated carbocycles. The Balaban J connectivity index is 2.90. The summed E-state index contributed by atoms with van der Waals surface area (Å²) in [5, 5.41) is 8.76. The van der Waals surface area contributed by atoms with Crippen molar-refractivity contribution in [3.05, 3.63) is 39.3 Å². The zero-order chi connectivity index (χ0) is 11.7. The van der Waals surface area contributed by atoms with Crippen molar-refractivity contribution in [2.75, 3.05) is 0 Å². The van der Waals surface area contributed by atoms with Gasteiger partial charge in [0.1, 0.15) is 5.82 Å². The molecule has 0 aliphatic heterocycles. The van der Waals surface area contributed by atoms with Crippen LogP contribution < -0.4 is 11.2 Å². The number of rotatable bonds is 2. The highest BCUT2D eigenvalue weighted by molar-refractivity contribution is 5.70. The van der Waals surface area contributed by atoms with E-state index in [9.17, 15) is 9.59 Å². The number of aromatic nitrogens is 4. The highest BCUT2D eigenvalue weighted by Crippen LogP contribution is 2.04. The summed E-state index contributed by atoms with van der Waals surface area (Å²) in [6.07, 6.45) is 3.67. The number of allylic oxidation sites excluding steroid dienone is 1. The zero-order valence-electron chi connectivity index (χ0n) is 8.15. The van der Waals surface area contributed by atoms with E-state index in [-0.39, 0.29) is 11.2 Å². The number of hydrogen-bond acceptors (Lipinski definition) is 4. The SMILES string of the molecule is C=CCc1nc2c([nH]1)c(=O)[nH]c(=O)n2C#N. The summed E-state index contributed by atoms with van der Waals surface area (Å²) in [4.78, 5) is 31.4. The van der Waals surface area contributed by atoms with Gasteiger partial charge in [-0.1, -0.05) is 6.08 Å². The third-order valence-electron chi connectivity index (χ3n) is 2.03. The molecule has 0 bridgehead atoms. The van der Waals surface area contributed by atoms with Crippen LogP contribution >= 0.6 is 0 Å². The Hall–Kier alpha value is -2.62. The van der Waals surface area contributed by atoms with Gasteiger partial charge < -0.3 is 4.98 Å². The third-order valence-corrected chi connectivity index (χ3v) is 2.03. The predicted octanol–water partition coefficient (Wildman–Crippen LogP) is -0.529. The molecule has 0 saturated heterocycles. The lowest BCUT2D eigenvalue weighted by atomic mass is 10.4. The van der Waals surface area contributed by atoms with Crippen LogP contribution in [0.25, 0.3) is 11.2 Å². The summed E-state index contributed by atoms with van der Waals surface area (Å²) in [6.45, 7) is 3.53. The molecular weight excluding hydrogens is 210 g/mol. The topological polar surface area (TPSA) is 107 Å². The van der Waals surface area contributed by atoms with Crippen LogP contribution in [-0.4, -0.2) is 19.5 Å². The molecule has 7 heteroatoms. The first-order chi connectivity index (χ1) is 7.67. The first kappa shape index (κ1) is 9.92. The van der Waals surface area contributed by atoms with Gasteiger partial charge in [-0.05, 0) is 0 Å². The van der Waals surface area contributed by atoms with Crippen LogP contribution in [0.2, 0.25) is 0 Å². The van der Waals surface area contributed by atoms with Crippen LogP contribution in [0.4, 0.5) is 0 Å². The number of nitrogens with zero attached hydrogens (tertiary/aromatic N) is 3. The van der Waals surface area contributed by atoms with E-state index in [4.69, 9.17) is 5.26 Å². The summed E-state index contributed by atoms with van der Waals surface area (Å²) in [7, 11) is 0. The predicted molar refractivity (Wildman–Crippen MR) is 55.9 cm³/mol. The van der Waals surface area contributed by atoms with Crippen molar-refractivity contribution in [2.24, 2.45) is 0 Å². The van der Waals surface area contributed by atoms with E-state index in [1.807, 2.05) is 4.98 Å². The van der Waals surface area contributed by atoms with Crippen LogP contribution in [0, 0.1) is 11.5 Å². The molecule has 0 fully saturated rings. The highest BCUT2D eigenvalue weighted by atomic mass is 16.2. The molecule has 0 aliphatic rings. The van der Waals surface area contributed by atoms with E-state index < -0.39 is 11.2 Å². The minimum absolute atomic E-state index is 0.0353. The van der Waals surface area contributed by atoms with Gasteiger partial charge in [0.15, 0.2) is 17.4 Å². The van der Waals surface area contributed by atoms with Crippen molar-refractivity contribution in [2.45, 2.75) is 6.42 Å². The number of fused-ring (bicyclic) bond motifs is 1. The number of nitriles is 1. The average molecular weight is 217 g/mol. The number of H-pyrrole nitrogens is 2. The largest absolute Gasteiger partial charge is 0.343 e. The molecule has 7 nitrogen and oxygen atoms in total. The summed E-state index contributed by atoms with van der Waals surface area (Å²) in [5.74, 6) is 0.477. The minimum Gasteiger partial charge on any atom is -0.336 e. The molecule has 2 aromatic heterocycles. The Morgan fingerprint density at radius 1 is 1.50 bits per heavy atom. The van der Waals surface area contributed by atoms with Gasteiger partial charge in [-0.25, -0.2) is 9.78 Å². The van der Waals surface area contributed by atoms with Gasteiger partial charge in [0.05, 0.1) is 0 Å². The quantitative estimate of drug-likeness (QED) is 0.659. The van der Waals surface area contributed by atoms with Gasteiger partial charge in [-0.15, -0.1) is 6.58 Å². The van der Waals surface area contributed by atoms with E-state index in [0.717, 1.165) is 4.57 Å². The Kier molecular flexibility index (Phi) is 2.17. The molecule has 16 heavy (non-hydrogen) atoms. The molecule has 2 aromatic rings. The molecule has 0 spiro atoms. The van der Waals surface area contributed by atoms with Gasteiger partial charge in [0.25, 0.3) is 5.56 Å². The average Bonchev–Trinajstić information content (AvgIpc) is 2.63. The second-order valence-corrected chi connectivity index (χ2v) is 3.07. The van der Waals surface area contributed by atoms with Crippen molar-refractivity contribution in [1.29, 1.82) is 5.26 Å². The van der Waals surface area contributed by atoms with Crippen molar-refractivity contribution < 1.29 is 0 Å². The van der Waals surface area contributed by atoms with Crippen molar-refractivity contribution in [1.82, 2.24) is 19.5 Å². The monoisotopic (exact) mass is 217 g/mol. The Bertz CT molecular complexity index is 712. The van der Waals surface area contributed by atoms with Crippen LogP contribution in [0.5, 0.6) is 0 Å². The zero-order valence-corrected chi connectivity index (χ0v) is 8.15. The molecule has 2 heterocycles. The maximum absolute atomic E-state index is 11.4. The highest BCUT2D eigenvalue weighted by Gasteiger charge is 2.11. The lowest BCUT2D eigenvalue weighted by Crippen LogP contribution is -2.28. The van der Waals surface area contributed by atoms with E-state index in [1.54, 1.807) is 12.3 Å². The van der Waals surface area contributed by atoms with Crippen LogP contribution in [0.15, 0.2) is 22.2 Å². The fraction of sp³-hybridized carbons (Fsp3) is 0.111. The second-order valence-electron chi connectivity index (χ2n) is 3.07. The molecule has 0 radical (unpaired) electrons. The van der Waals surface area contributed by atoms with E-state index >= 15 is 0 Å². The molecular formula is C9H7N5O2. The lowest BCUT2D eigenvalue weighted by Gasteiger charge is -1.91. The molecule has 80 valence electrons. The van der Waals surface area contributed by atoms with Crippen LogP contribution in [-0.2, 0) is 6.42 Å². The van der Waals surface area contributed by atoms with Gasteiger partial charge in [-0.2, -0.15) is 9.83 Å². The smallest absolute Gasteiger partial charge is 0.336 e. The maximum Gasteiger partial charge on any atom is 0.343 e. The molecule has 0 aliphatic carbocycles. The summed E-state index contributed by atoms with van der Waals surface area (Å²) in [6, 6.07) is 0. The standard InChI is InChI=1S/C9H7N5O2/c1-2-3-5-11-6-7(12-5)14(4-10)9(16)13-8(6)15/h2H,1,3H2,(H,11,12)(H,13,15,16). The van der Waals surface area contributed by atoms with Gasteiger partial charge in [0, 0.05) is 6.42 Å². The van der Waals surface area contributed by atoms with Crippen LogP contribution in [0.3, 0.4) is 0 Å². The molecule has 0 aromatic carbocycles. The normalized spacial score (nSPS) is 10.2. The number of hydrogen-bond donors (Lipinski definition) is 2. The Morgan fingerprint density at radius 3 is 2.88 bits per heavy atom. The van der Waals surface area contributed by atoms with E-state index in [1.165, 1.54) is 0 Å². The molecule has 2 rings (SSSR count). The second kappa shape index (κ2) is 3.51. The fourth-order valence-corrected chi connectivity index (χ4v) is 1.37. The number of imidazole rings is 1. The van der Waals surface area contributed by atoms with Gasteiger partial charge in [-0.3, -0.25) is 9.78 Å². The Morgan fingerprint density at radius 2 is 2.25 bits per heavy atom. The molecule has 0 unspecified atom stereocenters. The Labute approximate surface area is 88.7 Å². The molecule has 2 N–H and O–H groups in total. The molecule has 0 amide bonds. The van der Waals surface area contributed by atoms with Gasteiger partial charge >= 0.3 is 5.69 Å². The number of aromatic amines is 2. The van der Waals surface area contributed by atoms with Crippen molar-refractivity contribution in [3.8, 4) is 6.19 Å². The lowest BCUT2D eigenvalue weighted by molar-refractivity contribution is 0.941. The summed E-state index contributed by atoms with van der Waals surface area (Å²) < 4.78 is 0.722. The maximum atomic E-state index is 11.4. The van der Waals surface area contributed by atoms with Crippen molar-refractivity contribution >= 4 is 11.2 Å². The summed E-state index contributed by atoms with van der Waals surface area (Å²) >= 11 is 0. The van der Waals surface area contributed by atoms with E-state index in [0.29, 0.717) is 12.2 Å². The van der Waals surface area contributed by atoms with E-state index in [2.05, 4.69) is 16.5 Å². The molecule has 0 atom stereocenters. The van der Waals surface area contributed by atoms with Crippen LogP contribution in [0.1, 0.15) is 5.82 Å². The van der Waals surface area contributed by atoms with Crippen molar-refractivity contribution in [3.63, 3.8) is 0 Å². The third kappa shape index (κ3) is 1.33. The van der Waals surface area contributed by atoms with Gasteiger partial charge in [0.2, 0.25) is 0 Å². The fourth-order valence-electron chi connectivity index (χ4n) is 1.37. The summed E-state index contributed by atoms with van der Waals surface area (Å²) in [5.41, 5.74) is -1.24. The first-order valence-electron chi connectivity index (χ1n) is 4.42. The first-order valence-corrected chi connectivity index (χ1v) is 4.42.